The molecule has 27 heavy (non-hydrogen) atoms. The number of nitrogens with zero attached hydrogens (tertiary/aromatic N) is 1. The van der Waals surface area contributed by atoms with Crippen LogP contribution in [-0.4, -0.2) is 48.4 Å². The molecule has 6 nitrogen and oxygen atoms in total. The molecule has 1 heterocycles. The molecule has 1 aromatic carbocycles. The van der Waals surface area contributed by atoms with Gasteiger partial charge in [0.05, 0.1) is 13.0 Å². The van der Waals surface area contributed by atoms with Gasteiger partial charge in [0.2, 0.25) is 11.8 Å². The molecule has 1 unspecified atom stereocenters. The van der Waals surface area contributed by atoms with Crippen molar-refractivity contribution in [3.63, 3.8) is 0 Å². The van der Waals surface area contributed by atoms with Crippen LogP contribution in [0.3, 0.4) is 0 Å². The minimum Gasteiger partial charge on any atom is -0.466 e. The predicted molar refractivity (Wildman–Crippen MR) is 103 cm³/mol. The summed E-state index contributed by atoms with van der Waals surface area (Å²) in [5.74, 6) is -0.350. The van der Waals surface area contributed by atoms with E-state index >= 15 is 0 Å². The number of hydrogen-bond acceptors (Lipinski definition) is 4. The van der Waals surface area contributed by atoms with E-state index < -0.39 is 12.0 Å². The highest BCUT2D eigenvalue weighted by Gasteiger charge is 2.34. The summed E-state index contributed by atoms with van der Waals surface area (Å²) >= 11 is 0. The third kappa shape index (κ3) is 7.04. The van der Waals surface area contributed by atoms with Crippen molar-refractivity contribution < 1.29 is 19.1 Å². The van der Waals surface area contributed by atoms with Crippen LogP contribution >= 0.6 is 0 Å². The summed E-state index contributed by atoms with van der Waals surface area (Å²) in [4.78, 5) is 38.4. The molecular weight excluding hydrogens is 344 g/mol. The molecule has 1 aliphatic heterocycles. The van der Waals surface area contributed by atoms with Gasteiger partial charge >= 0.3 is 5.97 Å². The molecule has 2 amide bonds. The van der Waals surface area contributed by atoms with Gasteiger partial charge in [-0.2, -0.15) is 0 Å². The van der Waals surface area contributed by atoms with E-state index in [1.54, 1.807) is 0 Å². The van der Waals surface area contributed by atoms with Crippen LogP contribution in [0.1, 0.15) is 45.1 Å². The average molecular weight is 374 g/mol. The molecule has 0 aliphatic carbocycles. The van der Waals surface area contributed by atoms with Crippen LogP contribution in [0.2, 0.25) is 0 Å². The van der Waals surface area contributed by atoms with Crippen molar-refractivity contribution in [1.29, 1.82) is 0 Å². The van der Waals surface area contributed by atoms with E-state index in [-0.39, 0.29) is 18.2 Å². The second-order valence-electron chi connectivity index (χ2n) is 7.34. The Hall–Kier alpha value is -2.37. The lowest BCUT2D eigenvalue weighted by Gasteiger charge is -2.34. The van der Waals surface area contributed by atoms with Crippen LogP contribution in [0, 0.1) is 5.92 Å². The molecule has 2 rings (SSSR count). The zero-order valence-electron chi connectivity index (χ0n) is 16.3. The molecule has 1 saturated heterocycles. The second-order valence-corrected chi connectivity index (χ2v) is 7.34. The predicted octanol–water partition coefficient (Wildman–Crippen LogP) is 2.32. The fourth-order valence-electron chi connectivity index (χ4n) is 3.07. The molecule has 1 aliphatic rings. The first-order valence-corrected chi connectivity index (χ1v) is 9.74. The van der Waals surface area contributed by atoms with Gasteiger partial charge in [-0.1, -0.05) is 44.2 Å². The minimum atomic E-state index is -0.769. The summed E-state index contributed by atoms with van der Waals surface area (Å²) in [6, 6.07) is 9.23. The fourth-order valence-corrected chi connectivity index (χ4v) is 3.07. The quantitative estimate of drug-likeness (QED) is 0.673. The summed E-state index contributed by atoms with van der Waals surface area (Å²) in [6.07, 6.45) is 2.58. The van der Waals surface area contributed by atoms with E-state index in [0.717, 1.165) is 12.8 Å². The van der Waals surface area contributed by atoms with Crippen molar-refractivity contribution in [2.24, 2.45) is 5.92 Å². The smallest absolute Gasteiger partial charge is 0.308 e. The number of carbonyl (C=O) groups excluding carboxylic acids is 3. The first-order valence-electron chi connectivity index (χ1n) is 9.74. The molecule has 148 valence electrons. The van der Waals surface area contributed by atoms with E-state index in [4.69, 9.17) is 4.74 Å². The van der Waals surface area contributed by atoms with Gasteiger partial charge in [-0.05, 0) is 30.7 Å². The lowest BCUT2D eigenvalue weighted by atomic mass is 10.1. The Bertz CT molecular complexity index is 630. The number of esters is 1. The number of hydrogen-bond donors (Lipinski definition) is 1. The Kier molecular flexibility index (Phi) is 8.30. The van der Waals surface area contributed by atoms with Crippen molar-refractivity contribution in [1.82, 2.24) is 10.2 Å². The van der Waals surface area contributed by atoms with Gasteiger partial charge in [-0.3, -0.25) is 14.4 Å². The molecule has 1 fully saturated rings. The number of rotatable bonds is 9. The monoisotopic (exact) mass is 374 g/mol. The van der Waals surface area contributed by atoms with Crippen LogP contribution < -0.4 is 5.32 Å². The summed E-state index contributed by atoms with van der Waals surface area (Å²) in [5, 5.41) is 2.74. The minimum absolute atomic E-state index is 0.0826. The van der Waals surface area contributed by atoms with Crippen LogP contribution in [0.5, 0.6) is 0 Å². The Balaban J connectivity index is 1.85. The number of carbonyl (C=O) groups is 3. The molecule has 6 heteroatoms. The number of amides is 2. The molecule has 0 saturated carbocycles. The summed E-state index contributed by atoms with van der Waals surface area (Å²) in [7, 11) is 0. The number of aryl methyl sites for hydroxylation is 1. The molecule has 0 aromatic heterocycles. The number of nitrogens with one attached hydrogen (secondary N) is 1. The Labute approximate surface area is 161 Å². The average Bonchev–Trinajstić information content (AvgIpc) is 2.64. The van der Waals surface area contributed by atoms with Gasteiger partial charge in [0.25, 0.3) is 0 Å². The largest absolute Gasteiger partial charge is 0.466 e. The van der Waals surface area contributed by atoms with Crippen LogP contribution in [0.4, 0.5) is 0 Å². The van der Waals surface area contributed by atoms with E-state index in [1.165, 1.54) is 10.5 Å². The number of ether oxygens (including phenoxy) is 1. The number of benzene rings is 1. The maximum absolute atomic E-state index is 12.6. The molecule has 1 aromatic rings. The van der Waals surface area contributed by atoms with Crippen molar-refractivity contribution >= 4 is 17.8 Å². The van der Waals surface area contributed by atoms with Crippen molar-refractivity contribution in [2.45, 2.75) is 52.0 Å². The molecular formula is C21H30N2O4. The van der Waals surface area contributed by atoms with Gasteiger partial charge in [-0.25, -0.2) is 0 Å². The third-order valence-corrected chi connectivity index (χ3v) is 4.67. The summed E-state index contributed by atoms with van der Waals surface area (Å²) in [6.45, 7) is 5.30. The van der Waals surface area contributed by atoms with Crippen molar-refractivity contribution in [3.8, 4) is 0 Å². The van der Waals surface area contributed by atoms with Gasteiger partial charge in [0.1, 0.15) is 6.04 Å². The maximum atomic E-state index is 12.6. The molecule has 1 atom stereocenters. The summed E-state index contributed by atoms with van der Waals surface area (Å²) in [5.41, 5.74) is 1.19. The first kappa shape index (κ1) is 20.9. The van der Waals surface area contributed by atoms with Gasteiger partial charge in [0, 0.05) is 19.5 Å². The molecule has 1 N–H and O–H groups in total. The highest BCUT2D eigenvalue weighted by atomic mass is 16.5. The first-order chi connectivity index (χ1) is 13.0. The van der Waals surface area contributed by atoms with E-state index in [9.17, 15) is 14.4 Å². The highest BCUT2D eigenvalue weighted by Crippen LogP contribution is 2.14. The summed E-state index contributed by atoms with van der Waals surface area (Å²) < 4.78 is 5.21. The normalized spacial score (nSPS) is 16.9. The van der Waals surface area contributed by atoms with E-state index in [1.807, 2.05) is 30.3 Å². The fraction of sp³-hybridized carbons (Fsp3) is 0.571. The van der Waals surface area contributed by atoms with Crippen LogP contribution in [-0.2, 0) is 25.5 Å². The van der Waals surface area contributed by atoms with Crippen molar-refractivity contribution in [2.75, 3.05) is 19.7 Å². The SMILES string of the molecule is CC(C)CCOC(=O)CC1C(=O)NCCN1C(=O)CCCc1ccccc1. The standard InChI is InChI=1S/C21H30N2O4/c1-16(2)11-14-27-20(25)15-18-21(26)22-12-13-23(18)19(24)10-6-9-17-7-4-3-5-8-17/h3-5,7-8,16,18H,6,9-15H2,1-2H3,(H,22,26). The Morgan fingerprint density at radius 3 is 2.70 bits per heavy atom. The Morgan fingerprint density at radius 2 is 2.00 bits per heavy atom. The van der Waals surface area contributed by atoms with Gasteiger partial charge in [-0.15, -0.1) is 0 Å². The Morgan fingerprint density at radius 1 is 1.26 bits per heavy atom. The lowest BCUT2D eigenvalue weighted by molar-refractivity contribution is -0.152. The zero-order chi connectivity index (χ0) is 19.6. The topological polar surface area (TPSA) is 75.7 Å². The van der Waals surface area contributed by atoms with Gasteiger partial charge in [0.15, 0.2) is 0 Å². The molecule has 0 spiro atoms. The van der Waals surface area contributed by atoms with E-state index in [0.29, 0.717) is 38.5 Å². The van der Waals surface area contributed by atoms with Crippen LogP contribution in [0.25, 0.3) is 0 Å². The second kappa shape index (κ2) is 10.7. The lowest BCUT2D eigenvalue weighted by Crippen LogP contribution is -2.57. The third-order valence-electron chi connectivity index (χ3n) is 4.67. The maximum Gasteiger partial charge on any atom is 0.308 e. The molecule has 0 radical (unpaired) electrons. The van der Waals surface area contributed by atoms with E-state index in [2.05, 4.69) is 19.2 Å². The molecule has 0 bridgehead atoms. The number of piperazine rings is 1. The highest BCUT2D eigenvalue weighted by molar-refractivity contribution is 5.91. The van der Waals surface area contributed by atoms with Crippen molar-refractivity contribution in [3.05, 3.63) is 35.9 Å². The van der Waals surface area contributed by atoms with Gasteiger partial charge < -0.3 is 15.0 Å². The van der Waals surface area contributed by atoms with Crippen LogP contribution in [0.15, 0.2) is 30.3 Å². The zero-order valence-corrected chi connectivity index (χ0v) is 16.3.